The van der Waals surface area contributed by atoms with Crippen molar-refractivity contribution in [3.63, 3.8) is 0 Å². The molecule has 1 amide bonds. The summed E-state index contributed by atoms with van der Waals surface area (Å²) in [6, 6.07) is 6.16. The second kappa shape index (κ2) is 9.07. The molecule has 0 N–H and O–H groups in total. The number of methoxy groups -OCH3 is 1. The molecule has 0 aliphatic heterocycles. The van der Waals surface area contributed by atoms with Crippen LogP contribution in [0.15, 0.2) is 66.0 Å². The maximum Gasteiger partial charge on any atom is 0.246 e. The molecule has 134 valence electrons. The van der Waals surface area contributed by atoms with Crippen molar-refractivity contribution in [2.45, 2.75) is 34.2 Å². The molecule has 0 saturated heterocycles. The molecule has 0 spiro atoms. The molecule has 0 unspecified atom stereocenters. The summed E-state index contributed by atoms with van der Waals surface area (Å²) in [5.41, 5.74) is 5.96. The van der Waals surface area contributed by atoms with E-state index in [4.69, 9.17) is 4.74 Å². The van der Waals surface area contributed by atoms with Gasteiger partial charge in [0.25, 0.3) is 0 Å². The highest BCUT2D eigenvalue weighted by Crippen LogP contribution is 2.22. The zero-order valence-electron chi connectivity index (χ0n) is 16.3. The van der Waals surface area contributed by atoms with Gasteiger partial charge in [-0.25, -0.2) is 0 Å². The molecule has 0 fully saturated rings. The summed E-state index contributed by atoms with van der Waals surface area (Å²) in [6.45, 7) is 16.4. The molecule has 0 aliphatic carbocycles. The lowest BCUT2D eigenvalue weighted by atomic mass is 9.99. The number of amides is 1. The van der Waals surface area contributed by atoms with Crippen LogP contribution in [0.1, 0.15) is 30.5 Å². The summed E-state index contributed by atoms with van der Waals surface area (Å²) in [5, 5.41) is 0. The third-order valence-electron chi connectivity index (χ3n) is 4.25. The normalized spacial score (nSPS) is 11.9. The molecule has 0 radical (unpaired) electrons. The first kappa shape index (κ1) is 20.5. The molecule has 1 rings (SSSR count). The van der Waals surface area contributed by atoms with E-state index >= 15 is 0 Å². The fourth-order valence-electron chi connectivity index (χ4n) is 2.70. The van der Waals surface area contributed by atoms with Gasteiger partial charge in [-0.1, -0.05) is 31.4 Å². The molecule has 0 heterocycles. The van der Waals surface area contributed by atoms with Gasteiger partial charge in [-0.3, -0.25) is 4.79 Å². The van der Waals surface area contributed by atoms with Gasteiger partial charge in [-0.05, 0) is 61.6 Å². The van der Waals surface area contributed by atoms with Gasteiger partial charge in [-0.15, -0.1) is 0 Å². The van der Waals surface area contributed by atoms with Crippen molar-refractivity contribution in [2.24, 2.45) is 0 Å². The predicted octanol–water partition coefficient (Wildman–Crippen LogP) is 4.87. The maximum atomic E-state index is 12.4. The lowest BCUT2D eigenvalue weighted by molar-refractivity contribution is -0.125. The summed E-state index contributed by atoms with van der Waals surface area (Å²) in [4.78, 5) is 14.1. The Kier molecular flexibility index (Phi) is 7.43. The lowest BCUT2D eigenvalue weighted by Crippen LogP contribution is -2.25. The van der Waals surface area contributed by atoms with E-state index in [9.17, 15) is 4.79 Å². The minimum atomic E-state index is -0.0695. The average molecular weight is 339 g/mol. The van der Waals surface area contributed by atoms with Gasteiger partial charge < -0.3 is 9.64 Å². The minimum absolute atomic E-state index is 0.0695. The number of nitrogens with zero attached hydrogens (tertiary/aromatic N) is 1. The Bertz CT molecular complexity index is 718. The van der Waals surface area contributed by atoms with E-state index in [0.717, 1.165) is 16.9 Å². The van der Waals surface area contributed by atoms with Gasteiger partial charge in [0.15, 0.2) is 0 Å². The number of carbonyl (C=O) groups is 1. The van der Waals surface area contributed by atoms with Crippen LogP contribution in [0.4, 0.5) is 0 Å². The first-order valence-corrected chi connectivity index (χ1v) is 8.27. The fraction of sp³-hybridized carbons (Fsp3) is 0.318. The van der Waals surface area contributed by atoms with Crippen LogP contribution in [-0.2, 0) is 16.1 Å². The Morgan fingerprint density at radius 1 is 1.16 bits per heavy atom. The number of likely N-dealkylation sites (N-methyl/N-ethyl adjacent to an activating group) is 1. The summed E-state index contributed by atoms with van der Waals surface area (Å²) in [7, 11) is 3.41. The molecule has 1 aromatic rings. The number of hydrogen-bond acceptors (Lipinski definition) is 2. The van der Waals surface area contributed by atoms with E-state index < -0.39 is 0 Å². The van der Waals surface area contributed by atoms with Gasteiger partial charge in [0.2, 0.25) is 5.91 Å². The van der Waals surface area contributed by atoms with Crippen LogP contribution < -0.4 is 0 Å². The highest BCUT2D eigenvalue weighted by Gasteiger charge is 2.11. The van der Waals surface area contributed by atoms with Crippen LogP contribution >= 0.6 is 0 Å². The third-order valence-corrected chi connectivity index (χ3v) is 4.25. The first-order valence-electron chi connectivity index (χ1n) is 8.27. The number of aryl methyl sites for hydroxylation is 2. The van der Waals surface area contributed by atoms with Gasteiger partial charge in [0.1, 0.15) is 5.76 Å². The average Bonchev–Trinajstić information content (AvgIpc) is 2.55. The van der Waals surface area contributed by atoms with Crippen molar-refractivity contribution in [1.82, 2.24) is 4.90 Å². The molecule has 3 heteroatoms. The van der Waals surface area contributed by atoms with Crippen molar-refractivity contribution in [2.75, 3.05) is 14.2 Å². The van der Waals surface area contributed by atoms with Crippen molar-refractivity contribution < 1.29 is 9.53 Å². The summed E-state index contributed by atoms with van der Waals surface area (Å²) in [6.07, 6.45) is 3.26. The number of ether oxygens (including phenoxy) is 1. The number of rotatable bonds is 7. The van der Waals surface area contributed by atoms with E-state index in [-0.39, 0.29) is 5.91 Å². The maximum absolute atomic E-state index is 12.4. The second-order valence-electron chi connectivity index (χ2n) is 6.34. The summed E-state index contributed by atoms with van der Waals surface area (Å²) >= 11 is 0. The Morgan fingerprint density at radius 2 is 1.72 bits per heavy atom. The van der Waals surface area contributed by atoms with E-state index in [2.05, 4.69) is 39.1 Å². The standard InChI is InChI=1S/C22H29NO2/c1-15(2)22(19(6)25-8)18(5)12-13-21(24)23(7)14-20-16(3)10-9-11-17(20)4/h9-13H,1,5,14H2,2-4,6-8H3/b13-12-,22-19+. The molecule has 3 nitrogen and oxygen atoms in total. The number of benzene rings is 1. The second-order valence-corrected chi connectivity index (χ2v) is 6.34. The smallest absolute Gasteiger partial charge is 0.246 e. The molecule has 0 aliphatic rings. The quantitative estimate of drug-likeness (QED) is 0.403. The number of allylic oxidation sites excluding steroid dienone is 5. The Labute approximate surface area is 152 Å². The van der Waals surface area contributed by atoms with Crippen LogP contribution in [0.2, 0.25) is 0 Å². The van der Waals surface area contributed by atoms with E-state index in [1.54, 1.807) is 31.2 Å². The zero-order valence-corrected chi connectivity index (χ0v) is 16.3. The first-order chi connectivity index (χ1) is 11.7. The molecular formula is C22H29NO2. The van der Waals surface area contributed by atoms with E-state index in [1.165, 1.54) is 16.7 Å². The van der Waals surface area contributed by atoms with E-state index in [1.807, 2.05) is 19.9 Å². The van der Waals surface area contributed by atoms with Crippen LogP contribution in [0, 0.1) is 13.8 Å². The van der Waals surface area contributed by atoms with Crippen molar-refractivity contribution >= 4 is 5.91 Å². The van der Waals surface area contributed by atoms with Crippen LogP contribution in [0.3, 0.4) is 0 Å². The summed E-state index contributed by atoms with van der Waals surface area (Å²) < 4.78 is 5.28. The van der Waals surface area contributed by atoms with Crippen LogP contribution in [0.25, 0.3) is 0 Å². The molecule has 0 saturated carbocycles. The summed E-state index contributed by atoms with van der Waals surface area (Å²) in [5.74, 6) is 0.665. The monoisotopic (exact) mass is 339 g/mol. The van der Waals surface area contributed by atoms with E-state index in [0.29, 0.717) is 12.1 Å². The van der Waals surface area contributed by atoms with Gasteiger partial charge in [0, 0.05) is 25.2 Å². The molecule has 1 aromatic carbocycles. The number of hydrogen-bond donors (Lipinski definition) is 0. The van der Waals surface area contributed by atoms with Crippen LogP contribution in [-0.4, -0.2) is 25.0 Å². The Balaban J connectivity index is 2.89. The fourth-order valence-corrected chi connectivity index (χ4v) is 2.70. The predicted molar refractivity (Wildman–Crippen MR) is 105 cm³/mol. The molecular weight excluding hydrogens is 310 g/mol. The van der Waals surface area contributed by atoms with Gasteiger partial charge >= 0.3 is 0 Å². The highest BCUT2D eigenvalue weighted by atomic mass is 16.5. The molecule has 0 atom stereocenters. The van der Waals surface area contributed by atoms with Crippen molar-refractivity contribution in [1.29, 1.82) is 0 Å². The SMILES string of the molecule is C=C(C)/C(C(=C)/C=C\C(=O)N(C)Cc1c(C)cccc1C)=C(/C)OC. The largest absolute Gasteiger partial charge is 0.501 e. The number of carbonyl (C=O) groups excluding carboxylic acids is 1. The molecule has 0 aromatic heterocycles. The Hall–Kier alpha value is -2.55. The third kappa shape index (κ3) is 5.49. The van der Waals surface area contributed by atoms with Gasteiger partial charge in [0.05, 0.1) is 7.11 Å². The highest BCUT2D eigenvalue weighted by molar-refractivity contribution is 5.88. The zero-order chi connectivity index (χ0) is 19.1. The topological polar surface area (TPSA) is 29.5 Å². The molecule has 0 bridgehead atoms. The van der Waals surface area contributed by atoms with Gasteiger partial charge in [-0.2, -0.15) is 0 Å². The van der Waals surface area contributed by atoms with Crippen molar-refractivity contribution in [3.8, 4) is 0 Å². The molecule has 25 heavy (non-hydrogen) atoms. The van der Waals surface area contributed by atoms with Crippen LogP contribution in [0.5, 0.6) is 0 Å². The van der Waals surface area contributed by atoms with Crippen molar-refractivity contribution in [3.05, 3.63) is 82.7 Å². The minimum Gasteiger partial charge on any atom is -0.501 e. The Morgan fingerprint density at radius 3 is 2.20 bits per heavy atom. The lowest BCUT2D eigenvalue weighted by Gasteiger charge is -2.19.